The molecule has 4 saturated heterocycles. The van der Waals surface area contributed by atoms with E-state index in [1.807, 2.05) is 15.9 Å². The minimum atomic E-state index is -5.85. The van der Waals surface area contributed by atoms with E-state index in [9.17, 15) is 83.8 Å². The van der Waals surface area contributed by atoms with Crippen LogP contribution in [0.1, 0.15) is 25.0 Å². The van der Waals surface area contributed by atoms with Crippen LogP contribution in [0, 0.1) is 0 Å². The van der Waals surface area contributed by atoms with Gasteiger partial charge in [-0.15, -0.1) is 26.3 Å². The lowest BCUT2D eigenvalue weighted by Gasteiger charge is -2.40. The molecule has 2 N–H and O–H groups in total. The molecule has 13 nitrogen and oxygen atoms in total. The van der Waals surface area contributed by atoms with Gasteiger partial charge in [0.05, 0.1) is 26.4 Å². The van der Waals surface area contributed by atoms with Crippen LogP contribution >= 0.6 is 0 Å². The topological polar surface area (TPSA) is 112 Å². The van der Waals surface area contributed by atoms with Crippen LogP contribution in [0.15, 0.2) is 36.4 Å². The molecule has 4 aliphatic heterocycles. The number of aliphatic hydroxyl groups excluding tert-OH is 1. The summed E-state index contributed by atoms with van der Waals surface area (Å²) in [7, 11) is 0. The largest absolute Gasteiger partial charge is 0.573 e. The number of carbonyl (C=O) groups excluding carboxylic acids is 1. The summed E-state index contributed by atoms with van der Waals surface area (Å²) in [4.78, 5) is 20.4. The quantitative estimate of drug-likeness (QED) is 0.236. The number of hydrogen-bond acceptors (Lipinski definition) is 12. The zero-order valence-corrected chi connectivity index (χ0v) is 38.0. The van der Waals surface area contributed by atoms with Gasteiger partial charge in [0.25, 0.3) is 6.10 Å². The van der Waals surface area contributed by atoms with Gasteiger partial charge in [0.15, 0.2) is 0 Å². The van der Waals surface area contributed by atoms with E-state index < -0.39 is 67.5 Å². The van der Waals surface area contributed by atoms with Crippen LogP contribution in [0.4, 0.5) is 95.2 Å². The van der Waals surface area contributed by atoms with Gasteiger partial charge in [-0.1, -0.05) is 12.1 Å². The van der Waals surface area contributed by atoms with E-state index in [-0.39, 0.29) is 37.5 Å². The molecule has 6 rings (SSSR count). The van der Waals surface area contributed by atoms with Crippen molar-refractivity contribution in [2.75, 3.05) is 102 Å². The number of alkyl halides is 18. The highest BCUT2D eigenvalue weighted by molar-refractivity contribution is 5.68. The number of piperazine rings is 2. The summed E-state index contributed by atoms with van der Waals surface area (Å²) < 4.78 is 243. The van der Waals surface area contributed by atoms with Gasteiger partial charge >= 0.3 is 43.5 Å². The second-order valence-electron chi connectivity index (χ2n) is 16.6. The maximum absolute atomic E-state index is 13.1. The summed E-state index contributed by atoms with van der Waals surface area (Å²) in [6.07, 6.45) is -42.9. The molecule has 0 saturated carbocycles. The minimum Gasteiger partial charge on any atom is -0.426 e. The molecular weight excluding hydrogens is 1030 g/mol. The lowest BCUT2D eigenvalue weighted by Crippen LogP contribution is -2.56. The van der Waals surface area contributed by atoms with Crippen molar-refractivity contribution < 1.29 is 113 Å². The number of hydrogen-bond donors (Lipinski definition) is 2. The summed E-state index contributed by atoms with van der Waals surface area (Å²) >= 11 is 0. The number of morpholine rings is 2. The number of halogens is 18. The van der Waals surface area contributed by atoms with Gasteiger partial charge in [-0.3, -0.25) is 9.80 Å². The maximum Gasteiger partial charge on any atom is 0.573 e. The van der Waals surface area contributed by atoms with Gasteiger partial charge in [-0.2, -0.15) is 52.7 Å². The molecule has 0 aliphatic carbocycles. The number of carbonyl (C=O) groups is 1. The number of nitrogens with one attached hydrogen (secondary N) is 1. The lowest BCUT2D eigenvalue weighted by molar-refractivity contribution is -0.309. The Morgan fingerprint density at radius 2 is 1.03 bits per heavy atom. The van der Waals surface area contributed by atoms with Crippen molar-refractivity contribution >= 4 is 17.5 Å². The summed E-state index contributed by atoms with van der Waals surface area (Å²) in [5.74, 6) is -0.549. The molecule has 4 aliphatic rings. The second-order valence-corrected chi connectivity index (χ2v) is 16.6. The van der Waals surface area contributed by atoms with Gasteiger partial charge in [0, 0.05) is 125 Å². The van der Waals surface area contributed by atoms with Gasteiger partial charge in [-0.05, 0) is 26.0 Å². The Kier molecular flexibility index (Phi) is 20.5. The van der Waals surface area contributed by atoms with E-state index in [2.05, 4.69) is 31.4 Å². The first-order valence-corrected chi connectivity index (χ1v) is 21.6. The summed E-state index contributed by atoms with van der Waals surface area (Å²) in [5, 5.41) is 10.8. The van der Waals surface area contributed by atoms with Crippen molar-refractivity contribution in [2.45, 2.75) is 88.7 Å². The van der Waals surface area contributed by atoms with Crippen LogP contribution in [0.3, 0.4) is 0 Å². The van der Waals surface area contributed by atoms with Gasteiger partial charge in [0.1, 0.15) is 11.5 Å². The fourth-order valence-electron chi connectivity index (χ4n) is 7.58. The molecule has 0 unspecified atom stereocenters. The first kappa shape index (κ1) is 60.0. The van der Waals surface area contributed by atoms with Gasteiger partial charge in [-0.25, -0.2) is 4.79 Å². The Morgan fingerprint density at radius 3 is 1.38 bits per heavy atom. The Bertz CT molecular complexity index is 1980. The van der Waals surface area contributed by atoms with Crippen LogP contribution < -0.4 is 24.6 Å². The summed E-state index contributed by atoms with van der Waals surface area (Å²) in [6.45, 7) is 10.1. The number of rotatable bonds is 9. The molecule has 0 aromatic heterocycles. The standard InChI is InChI=1S/C21H24F9N3O4.C17H24F3N3O2.C3H2F6O/c1-13-11-31(4-5-33(13)18(34)36-17(19(22,23)24)20(25,26)27)12-14-2-3-15(32-6-8-35-9-7-32)10-16(14)37-21(28,29)30;1-13-11-22(5-4-21-13)12-14-2-3-15(23-6-8-24-9-7-23)10-16(14)25-17(18,19)20;4-2(5,6)1(10)3(7,8)9/h2-3,10,13,17H,4-9,11-12H2,1H3;2-3,10,13,21H,4-9,11-12H2,1H3;1,10H/t2*13-;/m00./s1. The van der Waals surface area contributed by atoms with E-state index in [0.29, 0.717) is 76.4 Å². The Morgan fingerprint density at radius 1 is 0.611 bits per heavy atom. The van der Waals surface area contributed by atoms with Crippen molar-refractivity contribution in [1.29, 1.82) is 0 Å². The zero-order chi connectivity index (χ0) is 54.0. The summed E-state index contributed by atoms with van der Waals surface area (Å²) in [5.41, 5.74) is 1.95. The molecule has 0 radical (unpaired) electrons. The number of aliphatic hydroxyl groups is 1. The van der Waals surface area contributed by atoms with Crippen molar-refractivity contribution in [3.8, 4) is 11.5 Å². The van der Waals surface area contributed by atoms with Crippen LogP contribution in [0.25, 0.3) is 0 Å². The van der Waals surface area contributed by atoms with E-state index in [1.54, 1.807) is 17.0 Å². The fraction of sp³-hybridized carbons (Fsp3) is 0.683. The Balaban J connectivity index is 0.000000275. The third-order valence-electron chi connectivity index (χ3n) is 10.9. The highest BCUT2D eigenvalue weighted by atomic mass is 19.4. The van der Waals surface area contributed by atoms with Crippen LogP contribution in [0.2, 0.25) is 0 Å². The predicted molar refractivity (Wildman–Crippen MR) is 217 cm³/mol. The third kappa shape index (κ3) is 19.4. The monoisotopic (exact) mass is 1080 g/mol. The zero-order valence-electron chi connectivity index (χ0n) is 38.0. The highest BCUT2D eigenvalue weighted by Crippen LogP contribution is 2.38. The number of ether oxygens (including phenoxy) is 5. The number of anilines is 2. The van der Waals surface area contributed by atoms with E-state index >= 15 is 0 Å². The predicted octanol–water partition coefficient (Wildman–Crippen LogP) is 8.25. The molecule has 2 atom stereocenters. The van der Waals surface area contributed by atoms with Crippen molar-refractivity contribution in [3.05, 3.63) is 47.5 Å². The van der Waals surface area contributed by atoms with Crippen LogP contribution in [-0.2, 0) is 27.3 Å². The molecular formula is C41H50F18N6O7. The molecule has 0 bridgehead atoms. The average molecular weight is 1080 g/mol. The molecule has 1 amide bonds. The van der Waals surface area contributed by atoms with E-state index in [4.69, 9.17) is 14.6 Å². The first-order chi connectivity index (χ1) is 33.1. The molecule has 0 spiro atoms. The van der Waals surface area contributed by atoms with Gasteiger partial charge < -0.3 is 48.8 Å². The SMILES string of the molecule is C[C@H]1CN(Cc2ccc(N3CCOCC3)cc2OC(F)(F)F)CCN1.C[C@H]1CN(Cc2ccc(N3CCOCC3)cc2OC(F)(F)F)CCN1C(=O)OC(C(F)(F)F)C(F)(F)F.OC(C(F)(F)F)C(F)(F)F. The molecule has 2 aromatic carbocycles. The Labute approximate surface area is 399 Å². The maximum atomic E-state index is 13.1. The first-order valence-electron chi connectivity index (χ1n) is 21.6. The number of benzene rings is 2. The highest BCUT2D eigenvalue weighted by Gasteiger charge is 2.60. The second kappa shape index (κ2) is 24.6. The van der Waals surface area contributed by atoms with Crippen LogP contribution in [0.5, 0.6) is 11.5 Å². The summed E-state index contributed by atoms with van der Waals surface area (Å²) in [6, 6.07) is 8.88. The van der Waals surface area contributed by atoms with E-state index in [1.165, 1.54) is 25.1 Å². The molecule has 2 aromatic rings. The minimum absolute atomic E-state index is 0.0428. The Hall–Kier alpha value is -4.59. The lowest BCUT2D eigenvalue weighted by atomic mass is 10.1. The molecule has 72 heavy (non-hydrogen) atoms. The van der Waals surface area contributed by atoms with Gasteiger partial charge in [0.2, 0.25) is 6.10 Å². The average Bonchev–Trinajstić information content (AvgIpc) is 3.25. The van der Waals surface area contributed by atoms with Crippen molar-refractivity contribution in [3.63, 3.8) is 0 Å². The number of nitrogens with zero attached hydrogens (tertiary/aromatic N) is 5. The third-order valence-corrected chi connectivity index (χ3v) is 10.9. The van der Waals surface area contributed by atoms with Crippen molar-refractivity contribution in [2.24, 2.45) is 0 Å². The van der Waals surface area contributed by atoms with Crippen molar-refractivity contribution in [1.82, 2.24) is 20.0 Å². The smallest absolute Gasteiger partial charge is 0.426 e. The normalized spacial score (nSPS) is 20.4. The molecule has 4 heterocycles. The molecule has 31 heteroatoms. The number of amides is 1. The van der Waals surface area contributed by atoms with E-state index in [0.717, 1.165) is 30.2 Å². The fourth-order valence-corrected chi connectivity index (χ4v) is 7.58. The molecule has 412 valence electrons. The molecule has 4 fully saturated rings. The van der Waals surface area contributed by atoms with Crippen LogP contribution in [-0.4, -0.2) is 179 Å².